The minimum absolute atomic E-state index is 0.0264. The number of likely N-dealkylation sites (N-methyl/N-ethyl adjacent to an activating group) is 1. The van der Waals surface area contributed by atoms with Crippen molar-refractivity contribution < 1.29 is 4.79 Å². The molecule has 1 atom stereocenters. The zero-order chi connectivity index (χ0) is 12.4. The van der Waals surface area contributed by atoms with Crippen molar-refractivity contribution in [2.24, 2.45) is 0 Å². The van der Waals surface area contributed by atoms with Gasteiger partial charge in [-0.1, -0.05) is 34.5 Å². The number of rotatable bonds is 4. The lowest BCUT2D eigenvalue weighted by Gasteiger charge is -2.38. The van der Waals surface area contributed by atoms with Crippen molar-refractivity contribution in [2.45, 2.75) is 38.3 Å². The monoisotopic (exact) mass is 295 g/mol. The van der Waals surface area contributed by atoms with Crippen molar-refractivity contribution in [1.29, 1.82) is 0 Å². The normalized spacial score (nSPS) is 17.9. The molecule has 3 heteroatoms. The van der Waals surface area contributed by atoms with Gasteiger partial charge in [-0.15, -0.1) is 0 Å². The molecule has 1 fully saturated rings. The van der Waals surface area contributed by atoms with Crippen molar-refractivity contribution in [2.75, 3.05) is 7.05 Å². The SMILES string of the molecule is CC(C(=O)c1ccc(Br)cc1)N(C)C1CCC1. The minimum atomic E-state index is -0.0264. The van der Waals surface area contributed by atoms with Gasteiger partial charge in [0.15, 0.2) is 5.78 Å². The molecule has 2 rings (SSSR count). The maximum atomic E-state index is 12.3. The van der Waals surface area contributed by atoms with Gasteiger partial charge in [-0.25, -0.2) is 0 Å². The van der Waals surface area contributed by atoms with Crippen LogP contribution in [0.4, 0.5) is 0 Å². The first kappa shape index (κ1) is 12.8. The van der Waals surface area contributed by atoms with E-state index in [4.69, 9.17) is 0 Å². The zero-order valence-corrected chi connectivity index (χ0v) is 11.9. The van der Waals surface area contributed by atoms with Gasteiger partial charge in [-0.3, -0.25) is 9.69 Å². The predicted molar refractivity (Wildman–Crippen MR) is 73.3 cm³/mol. The summed E-state index contributed by atoms with van der Waals surface area (Å²) in [6.45, 7) is 2.00. The highest BCUT2D eigenvalue weighted by atomic mass is 79.9. The number of carbonyl (C=O) groups is 1. The van der Waals surface area contributed by atoms with E-state index in [1.165, 1.54) is 19.3 Å². The molecule has 0 aliphatic heterocycles. The first-order valence-electron chi connectivity index (χ1n) is 6.11. The summed E-state index contributed by atoms with van der Waals surface area (Å²) >= 11 is 3.38. The molecule has 0 spiro atoms. The first-order chi connectivity index (χ1) is 8.09. The van der Waals surface area contributed by atoms with Gasteiger partial charge in [0.2, 0.25) is 0 Å². The number of hydrogen-bond acceptors (Lipinski definition) is 2. The Hall–Kier alpha value is -0.670. The van der Waals surface area contributed by atoms with Gasteiger partial charge in [-0.05, 0) is 38.9 Å². The summed E-state index contributed by atoms with van der Waals surface area (Å²) in [4.78, 5) is 14.5. The van der Waals surface area contributed by atoms with Crippen LogP contribution in [-0.2, 0) is 0 Å². The maximum Gasteiger partial charge on any atom is 0.179 e. The minimum Gasteiger partial charge on any atom is -0.294 e. The Morgan fingerprint density at radius 3 is 2.41 bits per heavy atom. The van der Waals surface area contributed by atoms with Gasteiger partial charge in [0.1, 0.15) is 0 Å². The van der Waals surface area contributed by atoms with E-state index in [1.54, 1.807) is 0 Å². The van der Waals surface area contributed by atoms with Gasteiger partial charge >= 0.3 is 0 Å². The number of Topliss-reactive ketones (excluding diaryl/α,β-unsaturated/α-hetero) is 1. The van der Waals surface area contributed by atoms with Crippen molar-refractivity contribution in [3.63, 3.8) is 0 Å². The molecule has 0 heterocycles. The molecule has 2 nitrogen and oxygen atoms in total. The zero-order valence-electron chi connectivity index (χ0n) is 10.3. The first-order valence-corrected chi connectivity index (χ1v) is 6.90. The van der Waals surface area contributed by atoms with Crippen molar-refractivity contribution in [3.8, 4) is 0 Å². The van der Waals surface area contributed by atoms with E-state index >= 15 is 0 Å². The molecule has 92 valence electrons. The second-order valence-corrected chi connectivity index (χ2v) is 5.71. The Morgan fingerprint density at radius 2 is 1.94 bits per heavy atom. The van der Waals surface area contributed by atoms with Gasteiger partial charge < -0.3 is 0 Å². The summed E-state index contributed by atoms with van der Waals surface area (Å²) in [7, 11) is 2.06. The summed E-state index contributed by atoms with van der Waals surface area (Å²) in [6.07, 6.45) is 3.76. The number of nitrogens with zero attached hydrogens (tertiary/aromatic N) is 1. The highest BCUT2D eigenvalue weighted by Gasteiger charge is 2.29. The molecule has 1 aromatic rings. The second-order valence-electron chi connectivity index (χ2n) is 4.80. The van der Waals surface area contributed by atoms with Gasteiger partial charge in [-0.2, -0.15) is 0 Å². The molecule has 0 aromatic heterocycles. The lowest BCUT2D eigenvalue weighted by molar-refractivity contribution is 0.0723. The average Bonchev–Trinajstić information content (AvgIpc) is 2.25. The Bertz CT molecular complexity index is 397. The second kappa shape index (κ2) is 5.32. The van der Waals surface area contributed by atoms with Crippen LogP contribution in [0.2, 0.25) is 0 Å². The standard InChI is InChI=1S/C14H18BrNO/c1-10(16(2)13-4-3-5-13)14(17)11-6-8-12(15)9-7-11/h6-10,13H,3-5H2,1-2H3. The molecule has 1 aliphatic carbocycles. The van der Waals surface area contributed by atoms with Gasteiger partial charge in [0.05, 0.1) is 6.04 Å². The molecule has 1 saturated carbocycles. The molecular formula is C14H18BrNO. The Morgan fingerprint density at radius 1 is 1.35 bits per heavy atom. The van der Waals surface area contributed by atoms with Gasteiger partial charge in [0, 0.05) is 16.1 Å². The molecule has 0 N–H and O–H groups in total. The summed E-state index contributed by atoms with van der Waals surface area (Å²) in [5, 5.41) is 0. The summed E-state index contributed by atoms with van der Waals surface area (Å²) in [5.74, 6) is 0.215. The third kappa shape index (κ3) is 2.78. The molecule has 0 amide bonds. The van der Waals surface area contributed by atoms with Crippen molar-refractivity contribution >= 4 is 21.7 Å². The van der Waals surface area contributed by atoms with E-state index in [1.807, 2.05) is 31.2 Å². The Kier molecular flexibility index (Phi) is 4.00. The van der Waals surface area contributed by atoms with Crippen LogP contribution in [0.25, 0.3) is 0 Å². The fourth-order valence-electron chi connectivity index (χ4n) is 2.15. The van der Waals surface area contributed by atoms with Crippen LogP contribution < -0.4 is 0 Å². The highest BCUT2D eigenvalue weighted by molar-refractivity contribution is 9.10. The van der Waals surface area contributed by atoms with Crippen LogP contribution in [0, 0.1) is 0 Å². The average molecular weight is 296 g/mol. The fraction of sp³-hybridized carbons (Fsp3) is 0.500. The van der Waals surface area contributed by atoms with Crippen LogP contribution in [0.15, 0.2) is 28.7 Å². The van der Waals surface area contributed by atoms with Crippen LogP contribution in [0.5, 0.6) is 0 Å². The van der Waals surface area contributed by atoms with Crippen LogP contribution in [0.3, 0.4) is 0 Å². The smallest absolute Gasteiger partial charge is 0.179 e. The molecule has 0 saturated heterocycles. The molecular weight excluding hydrogens is 278 g/mol. The maximum absolute atomic E-state index is 12.3. The number of benzene rings is 1. The van der Waals surface area contributed by atoms with E-state index in [0.717, 1.165) is 10.0 Å². The van der Waals surface area contributed by atoms with Crippen molar-refractivity contribution in [1.82, 2.24) is 4.90 Å². The molecule has 1 aliphatic rings. The largest absolute Gasteiger partial charge is 0.294 e. The molecule has 0 bridgehead atoms. The third-order valence-corrected chi connectivity index (χ3v) is 4.30. The lowest BCUT2D eigenvalue weighted by Crippen LogP contribution is -2.46. The van der Waals surface area contributed by atoms with E-state index in [-0.39, 0.29) is 11.8 Å². The third-order valence-electron chi connectivity index (χ3n) is 3.77. The number of halogens is 1. The van der Waals surface area contributed by atoms with E-state index in [0.29, 0.717) is 6.04 Å². The molecule has 0 radical (unpaired) electrons. The lowest BCUT2D eigenvalue weighted by atomic mass is 9.90. The quantitative estimate of drug-likeness (QED) is 0.793. The van der Waals surface area contributed by atoms with Crippen molar-refractivity contribution in [3.05, 3.63) is 34.3 Å². The van der Waals surface area contributed by atoms with Crippen LogP contribution >= 0.6 is 15.9 Å². The van der Waals surface area contributed by atoms with Crippen LogP contribution in [0.1, 0.15) is 36.5 Å². The number of hydrogen-bond donors (Lipinski definition) is 0. The summed E-state index contributed by atoms with van der Waals surface area (Å²) in [5.41, 5.74) is 0.798. The molecule has 17 heavy (non-hydrogen) atoms. The van der Waals surface area contributed by atoms with E-state index in [2.05, 4.69) is 27.9 Å². The summed E-state index contributed by atoms with van der Waals surface area (Å²) in [6, 6.07) is 8.19. The Labute approximate surface area is 111 Å². The summed E-state index contributed by atoms with van der Waals surface area (Å²) < 4.78 is 1.01. The topological polar surface area (TPSA) is 20.3 Å². The van der Waals surface area contributed by atoms with Crippen LogP contribution in [-0.4, -0.2) is 29.8 Å². The number of carbonyl (C=O) groups excluding carboxylic acids is 1. The highest BCUT2D eigenvalue weighted by Crippen LogP contribution is 2.26. The predicted octanol–water partition coefficient (Wildman–Crippen LogP) is 3.50. The molecule has 1 aromatic carbocycles. The van der Waals surface area contributed by atoms with E-state index in [9.17, 15) is 4.79 Å². The van der Waals surface area contributed by atoms with Gasteiger partial charge in [0.25, 0.3) is 0 Å². The fourth-order valence-corrected chi connectivity index (χ4v) is 2.41. The molecule has 1 unspecified atom stereocenters. The van der Waals surface area contributed by atoms with E-state index < -0.39 is 0 Å². The number of ketones is 1. The Balaban J connectivity index is 2.05.